The molecule has 0 radical (unpaired) electrons. The summed E-state index contributed by atoms with van der Waals surface area (Å²) in [4.78, 5) is 7.60. The minimum atomic E-state index is -0.149. The van der Waals surface area contributed by atoms with Crippen LogP contribution in [0, 0.1) is 6.92 Å². The Bertz CT molecular complexity index is 465. The number of nitrogens with zero attached hydrogens (tertiary/aromatic N) is 2. The van der Waals surface area contributed by atoms with Gasteiger partial charge in [-0.15, -0.1) is 0 Å². The van der Waals surface area contributed by atoms with E-state index in [0.29, 0.717) is 10.7 Å². The molecule has 0 spiro atoms. The third-order valence-corrected chi connectivity index (χ3v) is 2.63. The predicted molar refractivity (Wildman–Crippen MR) is 71.0 cm³/mol. The fourth-order valence-electron chi connectivity index (χ4n) is 1.07. The van der Waals surface area contributed by atoms with Crippen molar-refractivity contribution >= 4 is 45.1 Å². The van der Waals surface area contributed by atoms with Crippen molar-refractivity contribution in [2.75, 3.05) is 0 Å². The standard InChI is InChI=1S/C9H11BrClN5/c1-4-2-5(10)3-6(7(4)11)15-9(14)16-8(12)13/h2-3H,1H3,(H6,12,13,14,15,16). The largest absolute Gasteiger partial charge is 0.370 e. The minimum absolute atomic E-state index is 0.0422. The molecule has 0 unspecified atom stereocenters. The Morgan fingerprint density at radius 3 is 2.50 bits per heavy atom. The Balaban J connectivity index is 3.20. The molecule has 0 aliphatic carbocycles. The molecule has 1 aromatic rings. The average Bonchev–Trinajstić information content (AvgIpc) is 2.11. The van der Waals surface area contributed by atoms with E-state index in [1.165, 1.54) is 0 Å². The van der Waals surface area contributed by atoms with E-state index in [0.717, 1.165) is 10.0 Å². The molecule has 0 fully saturated rings. The predicted octanol–water partition coefficient (Wildman–Crippen LogP) is 1.63. The van der Waals surface area contributed by atoms with Crippen molar-refractivity contribution in [3.63, 3.8) is 0 Å². The van der Waals surface area contributed by atoms with Gasteiger partial charge in [0.05, 0.1) is 10.7 Å². The van der Waals surface area contributed by atoms with Crippen molar-refractivity contribution < 1.29 is 0 Å². The molecule has 0 aliphatic heterocycles. The van der Waals surface area contributed by atoms with Gasteiger partial charge in [-0.3, -0.25) is 0 Å². The van der Waals surface area contributed by atoms with Crippen LogP contribution in [0.15, 0.2) is 26.6 Å². The lowest BCUT2D eigenvalue weighted by Gasteiger charge is -2.03. The molecule has 16 heavy (non-hydrogen) atoms. The lowest BCUT2D eigenvalue weighted by Crippen LogP contribution is -2.26. The van der Waals surface area contributed by atoms with Crippen molar-refractivity contribution in [3.8, 4) is 0 Å². The van der Waals surface area contributed by atoms with Gasteiger partial charge in [-0.1, -0.05) is 27.5 Å². The summed E-state index contributed by atoms with van der Waals surface area (Å²) in [6.07, 6.45) is 0. The second-order valence-electron chi connectivity index (χ2n) is 3.06. The van der Waals surface area contributed by atoms with Crippen LogP contribution in [0.2, 0.25) is 5.02 Å². The van der Waals surface area contributed by atoms with Crippen LogP contribution in [-0.4, -0.2) is 11.9 Å². The van der Waals surface area contributed by atoms with E-state index in [9.17, 15) is 0 Å². The lowest BCUT2D eigenvalue weighted by molar-refractivity contribution is 1.35. The molecule has 1 rings (SSSR count). The van der Waals surface area contributed by atoms with Crippen LogP contribution in [0.1, 0.15) is 5.56 Å². The second-order valence-corrected chi connectivity index (χ2v) is 4.36. The first-order chi connectivity index (χ1) is 7.40. The first-order valence-electron chi connectivity index (χ1n) is 4.29. The highest BCUT2D eigenvalue weighted by Gasteiger charge is 2.05. The van der Waals surface area contributed by atoms with Crippen LogP contribution >= 0.6 is 27.5 Å². The molecule has 6 N–H and O–H groups in total. The van der Waals surface area contributed by atoms with Crippen molar-refractivity contribution in [1.82, 2.24) is 0 Å². The van der Waals surface area contributed by atoms with E-state index in [1.54, 1.807) is 6.07 Å². The highest BCUT2D eigenvalue weighted by molar-refractivity contribution is 9.10. The van der Waals surface area contributed by atoms with E-state index in [1.807, 2.05) is 13.0 Å². The maximum atomic E-state index is 6.05. The highest BCUT2D eigenvalue weighted by atomic mass is 79.9. The van der Waals surface area contributed by atoms with Crippen molar-refractivity contribution in [2.45, 2.75) is 6.92 Å². The van der Waals surface area contributed by atoms with Gasteiger partial charge in [0.15, 0.2) is 5.96 Å². The quantitative estimate of drug-likeness (QED) is 0.542. The van der Waals surface area contributed by atoms with Gasteiger partial charge in [-0.2, -0.15) is 4.99 Å². The third kappa shape index (κ3) is 3.39. The van der Waals surface area contributed by atoms with Gasteiger partial charge in [-0.25, -0.2) is 4.99 Å². The highest BCUT2D eigenvalue weighted by Crippen LogP contribution is 2.31. The maximum Gasteiger partial charge on any atom is 0.223 e. The monoisotopic (exact) mass is 303 g/mol. The molecule has 7 heteroatoms. The van der Waals surface area contributed by atoms with Crippen LogP contribution < -0.4 is 17.2 Å². The normalized spacial score (nSPS) is 11.3. The molecule has 5 nitrogen and oxygen atoms in total. The summed E-state index contributed by atoms with van der Waals surface area (Å²) in [5.41, 5.74) is 17.2. The fourth-order valence-corrected chi connectivity index (χ4v) is 1.78. The Morgan fingerprint density at radius 2 is 1.94 bits per heavy atom. The van der Waals surface area contributed by atoms with Crippen LogP contribution in [0.25, 0.3) is 0 Å². The van der Waals surface area contributed by atoms with Crippen molar-refractivity contribution in [3.05, 3.63) is 27.2 Å². The Hall–Kier alpha value is -1.27. The summed E-state index contributed by atoms with van der Waals surface area (Å²) >= 11 is 9.39. The van der Waals surface area contributed by atoms with Crippen molar-refractivity contribution in [2.24, 2.45) is 27.2 Å². The Morgan fingerprint density at radius 1 is 1.31 bits per heavy atom. The molecule has 0 saturated carbocycles. The minimum Gasteiger partial charge on any atom is -0.370 e. The number of nitrogens with two attached hydrogens (primary N) is 3. The summed E-state index contributed by atoms with van der Waals surface area (Å²) in [5, 5.41) is 0.511. The van der Waals surface area contributed by atoms with E-state index in [2.05, 4.69) is 25.9 Å². The molecule has 1 aromatic carbocycles. The lowest BCUT2D eigenvalue weighted by atomic mass is 10.2. The number of rotatable bonds is 1. The summed E-state index contributed by atoms with van der Waals surface area (Å²) < 4.78 is 0.852. The van der Waals surface area contributed by atoms with Gasteiger partial charge >= 0.3 is 0 Å². The number of hydrogen-bond acceptors (Lipinski definition) is 1. The summed E-state index contributed by atoms with van der Waals surface area (Å²) in [6.45, 7) is 1.86. The van der Waals surface area contributed by atoms with E-state index < -0.39 is 0 Å². The summed E-state index contributed by atoms with van der Waals surface area (Å²) in [5.74, 6) is -0.191. The second kappa shape index (κ2) is 5.18. The van der Waals surface area contributed by atoms with Crippen LogP contribution in [0.3, 0.4) is 0 Å². The van der Waals surface area contributed by atoms with Gasteiger partial charge in [0, 0.05) is 4.47 Å². The zero-order chi connectivity index (χ0) is 12.3. The molecule has 0 bridgehead atoms. The maximum absolute atomic E-state index is 6.05. The Kier molecular flexibility index (Phi) is 4.14. The van der Waals surface area contributed by atoms with E-state index >= 15 is 0 Å². The molecule has 0 heterocycles. The van der Waals surface area contributed by atoms with Gasteiger partial charge in [0.2, 0.25) is 5.96 Å². The van der Waals surface area contributed by atoms with E-state index in [-0.39, 0.29) is 11.9 Å². The third-order valence-electron chi connectivity index (χ3n) is 1.68. The number of aliphatic imine (C=N–C) groups is 2. The van der Waals surface area contributed by atoms with Gasteiger partial charge in [-0.05, 0) is 24.6 Å². The van der Waals surface area contributed by atoms with Gasteiger partial charge in [0.25, 0.3) is 0 Å². The average molecular weight is 305 g/mol. The number of hydrogen-bond donors (Lipinski definition) is 3. The molecule has 0 amide bonds. The number of halogens is 2. The van der Waals surface area contributed by atoms with Crippen LogP contribution in [-0.2, 0) is 0 Å². The number of aryl methyl sites for hydroxylation is 1. The van der Waals surface area contributed by atoms with Gasteiger partial charge < -0.3 is 17.2 Å². The van der Waals surface area contributed by atoms with Crippen LogP contribution in [0.4, 0.5) is 5.69 Å². The fraction of sp³-hybridized carbons (Fsp3) is 0.111. The molecule has 0 atom stereocenters. The molecular formula is C9H11BrClN5. The SMILES string of the molecule is Cc1cc(Br)cc(N=C(N)N=C(N)N)c1Cl. The number of benzene rings is 1. The summed E-state index contributed by atoms with van der Waals surface area (Å²) in [6, 6.07) is 3.60. The first kappa shape index (κ1) is 12.8. The molecule has 0 aromatic heterocycles. The van der Waals surface area contributed by atoms with Crippen LogP contribution in [0.5, 0.6) is 0 Å². The summed E-state index contributed by atoms with van der Waals surface area (Å²) in [7, 11) is 0. The molecule has 0 aliphatic rings. The molecule has 86 valence electrons. The smallest absolute Gasteiger partial charge is 0.223 e. The van der Waals surface area contributed by atoms with E-state index in [4.69, 9.17) is 28.8 Å². The Labute approximate surface area is 107 Å². The first-order valence-corrected chi connectivity index (χ1v) is 5.46. The topological polar surface area (TPSA) is 103 Å². The van der Waals surface area contributed by atoms with Crippen molar-refractivity contribution in [1.29, 1.82) is 0 Å². The zero-order valence-corrected chi connectivity index (χ0v) is 10.9. The zero-order valence-electron chi connectivity index (χ0n) is 8.54. The number of guanidine groups is 2. The van der Waals surface area contributed by atoms with Gasteiger partial charge in [0.1, 0.15) is 0 Å². The molecular weight excluding hydrogens is 293 g/mol. The molecule has 0 saturated heterocycles.